The highest BCUT2D eigenvalue weighted by Gasteiger charge is 2.47. The SMILES string of the molecule is CC1CCC2(C1)CC(NCC(=O)O)C2.CCC(C)N.CNC. The fraction of sp³-hybridized carbons (Fsp3) is 0.941. The molecule has 5 heteroatoms. The van der Waals surface area contributed by atoms with Crippen molar-refractivity contribution in [1.82, 2.24) is 10.6 Å². The second-order valence-electron chi connectivity index (χ2n) is 7.11. The quantitative estimate of drug-likeness (QED) is 0.639. The first kappa shape index (κ1) is 21.4. The van der Waals surface area contributed by atoms with Crippen molar-refractivity contribution in [3.63, 3.8) is 0 Å². The van der Waals surface area contributed by atoms with Gasteiger partial charge in [0.1, 0.15) is 0 Å². The van der Waals surface area contributed by atoms with Crippen molar-refractivity contribution in [2.45, 2.75) is 71.4 Å². The van der Waals surface area contributed by atoms with Crippen LogP contribution in [0.3, 0.4) is 0 Å². The molecule has 0 aromatic heterocycles. The molecule has 22 heavy (non-hydrogen) atoms. The Hall–Kier alpha value is -0.650. The molecule has 2 rings (SSSR count). The molecule has 2 saturated carbocycles. The summed E-state index contributed by atoms with van der Waals surface area (Å²) in [7, 11) is 3.75. The van der Waals surface area contributed by atoms with E-state index in [0.29, 0.717) is 17.5 Å². The number of rotatable bonds is 4. The van der Waals surface area contributed by atoms with Crippen molar-refractivity contribution in [2.24, 2.45) is 17.1 Å². The van der Waals surface area contributed by atoms with Gasteiger partial charge in [0.05, 0.1) is 6.54 Å². The molecule has 0 radical (unpaired) electrons. The van der Waals surface area contributed by atoms with Crippen LogP contribution >= 0.6 is 0 Å². The second-order valence-corrected chi connectivity index (χ2v) is 7.11. The maximum atomic E-state index is 10.3. The van der Waals surface area contributed by atoms with E-state index in [1.807, 2.05) is 21.0 Å². The lowest BCUT2D eigenvalue weighted by Crippen LogP contribution is -2.49. The highest BCUT2D eigenvalue weighted by molar-refractivity contribution is 5.69. The van der Waals surface area contributed by atoms with Gasteiger partial charge in [-0.15, -0.1) is 0 Å². The lowest BCUT2D eigenvalue weighted by atomic mass is 9.64. The Bertz CT molecular complexity index is 302. The maximum absolute atomic E-state index is 10.3. The number of carbonyl (C=O) groups is 1. The van der Waals surface area contributed by atoms with Crippen molar-refractivity contribution in [1.29, 1.82) is 0 Å². The third kappa shape index (κ3) is 8.71. The summed E-state index contributed by atoms with van der Waals surface area (Å²) in [6.07, 6.45) is 7.57. The molecule has 0 heterocycles. The summed E-state index contributed by atoms with van der Waals surface area (Å²) >= 11 is 0. The van der Waals surface area contributed by atoms with E-state index in [4.69, 9.17) is 10.8 Å². The summed E-state index contributed by atoms with van der Waals surface area (Å²) < 4.78 is 0. The minimum Gasteiger partial charge on any atom is -0.480 e. The van der Waals surface area contributed by atoms with Crippen molar-refractivity contribution < 1.29 is 9.90 Å². The standard InChI is InChI=1S/C11H19NO2.C4H11N.C2H7N/c1-8-2-3-11(4-8)5-9(6-11)12-7-10(13)14;1-3-4(2)5;1-3-2/h8-9,12H,2-7H2,1H3,(H,13,14);4H,3,5H2,1-2H3;3H,1-2H3. The molecule has 0 amide bonds. The molecule has 0 aliphatic heterocycles. The Labute approximate surface area is 136 Å². The first-order valence-electron chi connectivity index (χ1n) is 8.57. The average molecular weight is 316 g/mol. The van der Waals surface area contributed by atoms with Gasteiger partial charge in [-0.1, -0.05) is 20.3 Å². The van der Waals surface area contributed by atoms with Crippen molar-refractivity contribution in [3.05, 3.63) is 0 Å². The number of nitrogens with one attached hydrogen (secondary N) is 2. The molecule has 2 fully saturated rings. The van der Waals surface area contributed by atoms with Gasteiger partial charge in [-0.3, -0.25) is 4.79 Å². The van der Waals surface area contributed by atoms with Crippen LogP contribution in [0.15, 0.2) is 0 Å². The van der Waals surface area contributed by atoms with Gasteiger partial charge >= 0.3 is 5.97 Å². The third-order valence-electron chi connectivity index (χ3n) is 4.49. The number of nitrogens with two attached hydrogens (primary N) is 1. The predicted molar refractivity (Wildman–Crippen MR) is 93.0 cm³/mol. The summed E-state index contributed by atoms with van der Waals surface area (Å²) in [6, 6.07) is 0.853. The number of carboxylic acids is 1. The highest BCUT2D eigenvalue weighted by Crippen LogP contribution is 2.54. The fourth-order valence-electron chi connectivity index (χ4n) is 3.23. The Morgan fingerprint density at radius 3 is 2.18 bits per heavy atom. The topological polar surface area (TPSA) is 87.4 Å². The Kier molecular flexibility index (Phi) is 10.6. The van der Waals surface area contributed by atoms with Crippen molar-refractivity contribution >= 4 is 5.97 Å². The van der Waals surface area contributed by atoms with Gasteiger partial charge in [0.15, 0.2) is 0 Å². The smallest absolute Gasteiger partial charge is 0.317 e. The zero-order chi connectivity index (χ0) is 17.2. The van der Waals surface area contributed by atoms with E-state index in [0.717, 1.165) is 12.3 Å². The maximum Gasteiger partial charge on any atom is 0.317 e. The molecule has 0 aromatic rings. The van der Waals surface area contributed by atoms with E-state index in [2.05, 4.69) is 24.5 Å². The molecule has 0 bridgehead atoms. The molecular formula is C17H37N3O2. The lowest BCUT2D eigenvalue weighted by Gasteiger charge is -2.46. The zero-order valence-electron chi connectivity index (χ0n) is 15.1. The summed E-state index contributed by atoms with van der Waals surface area (Å²) in [6.45, 7) is 6.52. The van der Waals surface area contributed by atoms with Crippen molar-refractivity contribution in [2.75, 3.05) is 20.6 Å². The number of hydrogen-bond donors (Lipinski definition) is 4. The molecule has 5 N–H and O–H groups in total. The van der Waals surface area contributed by atoms with Gasteiger partial charge < -0.3 is 21.5 Å². The van der Waals surface area contributed by atoms with Crippen LogP contribution in [0.2, 0.25) is 0 Å². The molecule has 2 aliphatic carbocycles. The molecule has 1 spiro atoms. The largest absolute Gasteiger partial charge is 0.480 e. The minimum absolute atomic E-state index is 0.121. The normalized spacial score (nSPS) is 30.5. The van der Waals surface area contributed by atoms with Crippen LogP contribution in [0.1, 0.15) is 59.3 Å². The molecule has 2 atom stereocenters. The van der Waals surface area contributed by atoms with E-state index in [-0.39, 0.29) is 6.54 Å². The van der Waals surface area contributed by atoms with Crippen LogP contribution in [-0.2, 0) is 4.79 Å². The Morgan fingerprint density at radius 2 is 1.86 bits per heavy atom. The Morgan fingerprint density at radius 1 is 1.36 bits per heavy atom. The molecule has 5 nitrogen and oxygen atoms in total. The molecule has 0 aromatic carbocycles. The lowest BCUT2D eigenvalue weighted by molar-refractivity contribution is -0.136. The monoisotopic (exact) mass is 315 g/mol. The van der Waals surface area contributed by atoms with E-state index >= 15 is 0 Å². The van der Waals surface area contributed by atoms with E-state index < -0.39 is 5.97 Å². The second kappa shape index (κ2) is 11.0. The summed E-state index contributed by atoms with van der Waals surface area (Å²) in [4.78, 5) is 10.3. The number of hydrogen-bond acceptors (Lipinski definition) is 4. The van der Waals surface area contributed by atoms with Gasteiger partial charge in [-0.2, -0.15) is 0 Å². The summed E-state index contributed by atoms with van der Waals surface area (Å²) in [5.74, 6) is 0.140. The van der Waals surface area contributed by atoms with E-state index in [1.165, 1.54) is 32.1 Å². The van der Waals surface area contributed by atoms with Crippen LogP contribution in [-0.4, -0.2) is 43.8 Å². The van der Waals surface area contributed by atoms with Gasteiger partial charge in [0.25, 0.3) is 0 Å². The van der Waals surface area contributed by atoms with Crippen LogP contribution in [0.25, 0.3) is 0 Å². The number of aliphatic carboxylic acids is 1. The highest BCUT2D eigenvalue weighted by atomic mass is 16.4. The van der Waals surface area contributed by atoms with E-state index in [1.54, 1.807) is 0 Å². The molecule has 0 saturated heterocycles. The molecule has 132 valence electrons. The van der Waals surface area contributed by atoms with Crippen LogP contribution < -0.4 is 16.4 Å². The summed E-state index contributed by atoms with van der Waals surface area (Å²) in [5, 5.41) is 14.4. The number of carboxylic acid groups (broad SMARTS) is 1. The Balaban J connectivity index is 0.000000465. The van der Waals surface area contributed by atoms with Crippen LogP contribution in [0, 0.1) is 11.3 Å². The van der Waals surface area contributed by atoms with Crippen molar-refractivity contribution in [3.8, 4) is 0 Å². The van der Waals surface area contributed by atoms with Gasteiger partial charge in [0, 0.05) is 12.1 Å². The summed E-state index contributed by atoms with van der Waals surface area (Å²) in [5.41, 5.74) is 5.88. The van der Waals surface area contributed by atoms with Gasteiger partial charge in [0.2, 0.25) is 0 Å². The van der Waals surface area contributed by atoms with Crippen LogP contribution in [0.5, 0.6) is 0 Å². The average Bonchev–Trinajstić information content (AvgIpc) is 2.79. The molecular weight excluding hydrogens is 278 g/mol. The first-order chi connectivity index (χ1) is 10.3. The molecule has 2 unspecified atom stereocenters. The molecule has 2 aliphatic rings. The van der Waals surface area contributed by atoms with Crippen LogP contribution in [0.4, 0.5) is 0 Å². The first-order valence-corrected chi connectivity index (χ1v) is 8.57. The minimum atomic E-state index is -0.745. The van der Waals surface area contributed by atoms with E-state index in [9.17, 15) is 4.79 Å². The zero-order valence-corrected chi connectivity index (χ0v) is 15.1. The fourth-order valence-corrected chi connectivity index (χ4v) is 3.23. The van der Waals surface area contributed by atoms with Gasteiger partial charge in [-0.25, -0.2) is 0 Å². The third-order valence-corrected chi connectivity index (χ3v) is 4.49. The van der Waals surface area contributed by atoms with Gasteiger partial charge in [-0.05, 0) is 64.5 Å². The predicted octanol–water partition coefficient (Wildman–Crippen LogP) is 2.21.